The van der Waals surface area contributed by atoms with Crippen molar-refractivity contribution in [2.24, 2.45) is 17.8 Å². The molecule has 4 heterocycles. The number of nitrogens with zero attached hydrogens (tertiary/aromatic N) is 5. The van der Waals surface area contributed by atoms with Gasteiger partial charge in [-0.1, -0.05) is 32.1 Å². The van der Waals surface area contributed by atoms with Crippen molar-refractivity contribution in [2.75, 3.05) is 52.8 Å². The molecule has 6 N–H and O–H groups in total. The Hall–Kier alpha value is -3.45. The molecular formula is C51H85FN6O14. The number of nitrogens with one attached hydrogen (secondary N) is 1. The zero-order chi connectivity index (χ0) is 53.5. The lowest BCUT2D eigenvalue weighted by molar-refractivity contribution is -0.301. The Labute approximate surface area is 424 Å². The third kappa shape index (κ3) is 14.9. The number of aliphatic hydroxyl groups is 5. The highest BCUT2D eigenvalue weighted by Crippen LogP contribution is 2.39. The lowest BCUT2D eigenvalue weighted by Crippen LogP contribution is -2.60. The van der Waals surface area contributed by atoms with E-state index in [0.29, 0.717) is 31.6 Å². The zero-order valence-electron chi connectivity index (χ0n) is 44.6. The minimum Gasteiger partial charge on any atom is -0.459 e. The summed E-state index contributed by atoms with van der Waals surface area (Å²) in [6.07, 6.45) is -6.86. The fourth-order valence-corrected chi connectivity index (χ4v) is 10.9. The van der Waals surface area contributed by atoms with Crippen molar-refractivity contribution in [2.45, 2.75) is 198 Å². The van der Waals surface area contributed by atoms with E-state index in [9.17, 15) is 39.5 Å². The Morgan fingerprint density at radius 1 is 1.04 bits per heavy atom. The maximum atomic E-state index is 14.4. The first-order valence-corrected chi connectivity index (χ1v) is 25.5. The van der Waals surface area contributed by atoms with Gasteiger partial charge in [0.1, 0.15) is 42.4 Å². The molecule has 0 unspecified atom stereocenters. The molecule has 20 nitrogen and oxygen atoms in total. The van der Waals surface area contributed by atoms with Gasteiger partial charge in [0.05, 0.1) is 66.5 Å². The van der Waals surface area contributed by atoms with Crippen LogP contribution in [0.15, 0.2) is 30.5 Å². The molecule has 410 valence electrons. The number of hydrogen-bond donors (Lipinski definition) is 6. The van der Waals surface area contributed by atoms with E-state index < -0.39 is 114 Å². The number of methoxy groups -OCH3 is 1. The first-order chi connectivity index (χ1) is 33.7. The number of hydrogen-bond acceptors (Lipinski definition) is 18. The van der Waals surface area contributed by atoms with Crippen LogP contribution in [0.3, 0.4) is 0 Å². The molecule has 2 aromatic rings. The standard InChI is InChI=1S/C51H85FN6O14/c1-14-40-51(10,65)43(60)33(6)57(12)26-29(2)24-49(8,64)45(31(4)42(32(5)46(62)71-40)68-28-38-25-50(9,66-13)44(61)34(7)70-38)72-47-41(59)39(22-30(3)69-47)56(11)19-18-37-27-58(55-54-37)20-21-67-48(63)53-36-17-15-16-35(52)23-36/h15-17,23,27,29-34,38-45,47,59-61,64-65H,14,18-22,24-26,28H2,1-13H3,(H,53,63)/t29-,30-,31+,32-,33-,34+,38-,39+,40-,41-,42+,43-,44+,45-,47+,49-,50-,51-/m1/s1. The number of anilines is 1. The summed E-state index contributed by atoms with van der Waals surface area (Å²) >= 11 is 0. The molecule has 21 heteroatoms. The van der Waals surface area contributed by atoms with Crippen LogP contribution in [0.1, 0.15) is 101 Å². The Balaban J connectivity index is 1.37. The van der Waals surface area contributed by atoms with Crippen LogP contribution >= 0.6 is 0 Å². The van der Waals surface area contributed by atoms with E-state index >= 15 is 0 Å². The number of esters is 1. The number of halogens is 1. The first-order valence-electron chi connectivity index (χ1n) is 25.5. The number of amides is 1. The third-order valence-corrected chi connectivity index (χ3v) is 15.3. The van der Waals surface area contributed by atoms with Crippen LogP contribution in [0.5, 0.6) is 0 Å². The summed E-state index contributed by atoms with van der Waals surface area (Å²) in [5, 5.41) is 70.4. The Morgan fingerprint density at radius 2 is 1.75 bits per heavy atom. The molecule has 1 aromatic heterocycles. The van der Waals surface area contributed by atoms with Gasteiger partial charge in [-0.25, -0.2) is 13.9 Å². The number of aromatic nitrogens is 3. The van der Waals surface area contributed by atoms with Crippen molar-refractivity contribution < 1.29 is 72.7 Å². The predicted octanol–water partition coefficient (Wildman–Crippen LogP) is 3.54. The molecule has 3 saturated heterocycles. The second-order valence-electron chi connectivity index (χ2n) is 21.6. The van der Waals surface area contributed by atoms with Gasteiger partial charge < -0.3 is 68.5 Å². The molecule has 3 fully saturated rings. The van der Waals surface area contributed by atoms with Gasteiger partial charge in [0, 0.05) is 62.9 Å². The van der Waals surface area contributed by atoms with E-state index in [1.54, 1.807) is 58.5 Å². The second-order valence-corrected chi connectivity index (χ2v) is 21.6. The van der Waals surface area contributed by atoms with Crippen molar-refractivity contribution >= 4 is 17.7 Å². The highest BCUT2D eigenvalue weighted by Gasteiger charge is 2.52. The van der Waals surface area contributed by atoms with Crippen molar-refractivity contribution in [3.8, 4) is 0 Å². The van der Waals surface area contributed by atoms with Gasteiger partial charge in [-0.3, -0.25) is 10.1 Å². The van der Waals surface area contributed by atoms with Crippen molar-refractivity contribution in [1.29, 1.82) is 0 Å². The highest BCUT2D eigenvalue weighted by molar-refractivity contribution is 5.84. The highest BCUT2D eigenvalue weighted by atomic mass is 19.1. The molecule has 0 radical (unpaired) electrons. The number of carbonyl (C=O) groups excluding carboxylic acids is 2. The number of cyclic esters (lactones) is 1. The lowest BCUT2D eigenvalue weighted by atomic mass is 9.77. The minimum absolute atomic E-state index is 0.00528. The van der Waals surface area contributed by atoms with Gasteiger partial charge in [0.2, 0.25) is 0 Å². The zero-order valence-corrected chi connectivity index (χ0v) is 44.6. The second kappa shape index (κ2) is 25.4. The maximum Gasteiger partial charge on any atom is 0.411 e. The predicted molar refractivity (Wildman–Crippen MR) is 263 cm³/mol. The molecule has 0 spiro atoms. The fraction of sp³-hybridized carbons (Fsp3) is 0.804. The van der Waals surface area contributed by atoms with E-state index in [1.807, 2.05) is 44.7 Å². The average molecular weight is 1030 g/mol. The van der Waals surface area contributed by atoms with E-state index in [2.05, 4.69) is 15.6 Å². The van der Waals surface area contributed by atoms with Crippen molar-refractivity contribution in [3.63, 3.8) is 0 Å². The SMILES string of the molecule is CC[C@H]1OC(=O)[C@H](C)[C@@H](OC[C@H]2C[C@@](C)(OC)[C@@H](O)[C@H](C)O2)[C@H](C)[C@@H](O[C@@H]2O[C@H](C)C[C@H](N(C)CCc3cn(CCOC(=O)Nc4cccc(F)c4)nn3)[C@H]2O)[C@](C)(O)C[C@@H](C)CN(C)[C@H](C)[C@@H](O)[C@]1(C)O. The average Bonchev–Trinajstić information content (AvgIpc) is 3.77. The number of rotatable bonds is 15. The Kier molecular flexibility index (Phi) is 21.0. The molecule has 0 aliphatic carbocycles. The number of carbonyl (C=O) groups is 2. The summed E-state index contributed by atoms with van der Waals surface area (Å²) in [6, 6.07) is 4.44. The molecule has 1 amide bonds. The van der Waals surface area contributed by atoms with Gasteiger partial charge in [-0.2, -0.15) is 0 Å². The molecular weight excluding hydrogens is 940 g/mol. The van der Waals surface area contributed by atoms with Crippen molar-refractivity contribution in [3.05, 3.63) is 42.0 Å². The Bertz CT molecular complexity index is 2030. The largest absolute Gasteiger partial charge is 0.459 e. The summed E-state index contributed by atoms with van der Waals surface area (Å²) in [6.45, 7) is 18.6. The van der Waals surface area contributed by atoms with Gasteiger partial charge in [0.15, 0.2) is 6.29 Å². The molecule has 18 atom stereocenters. The van der Waals surface area contributed by atoms with Crippen LogP contribution in [-0.4, -0.2) is 200 Å². The minimum atomic E-state index is -1.84. The molecule has 3 aliphatic heterocycles. The van der Waals surface area contributed by atoms with E-state index in [1.165, 1.54) is 32.2 Å². The summed E-state index contributed by atoms with van der Waals surface area (Å²) in [7, 11) is 5.24. The summed E-state index contributed by atoms with van der Waals surface area (Å²) < 4.78 is 58.4. The van der Waals surface area contributed by atoms with Crippen LogP contribution in [-0.2, 0) is 50.9 Å². The summed E-state index contributed by atoms with van der Waals surface area (Å²) in [4.78, 5) is 30.6. The number of aliphatic hydroxyl groups excluding tert-OH is 3. The quantitative estimate of drug-likeness (QED) is 0.140. The van der Waals surface area contributed by atoms with Gasteiger partial charge in [-0.05, 0) is 106 Å². The Morgan fingerprint density at radius 3 is 2.42 bits per heavy atom. The number of ether oxygens (including phenoxy) is 7. The molecule has 0 saturated carbocycles. The maximum absolute atomic E-state index is 14.4. The summed E-state index contributed by atoms with van der Waals surface area (Å²) in [5.74, 6) is -3.21. The van der Waals surface area contributed by atoms with Crippen LogP contribution in [0.25, 0.3) is 0 Å². The van der Waals surface area contributed by atoms with E-state index in [0.717, 1.165) is 0 Å². The molecule has 5 rings (SSSR count). The van der Waals surface area contributed by atoms with Crippen LogP contribution < -0.4 is 5.32 Å². The van der Waals surface area contributed by atoms with Gasteiger partial charge >= 0.3 is 12.1 Å². The fourth-order valence-electron chi connectivity index (χ4n) is 10.9. The number of benzene rings is 1. The topological polar surface area (TPSA) is 249 Å². The lowest BCUT2D eigenvalue weighted by Gasteiger charge is -2.48. The smallest absolute Gasteiger partial charge is 0.411 e. The van der Waals surface area contributed by atoms with Gasteiger partial charge in [0.25, 0.3) is 0 Å². The first kappa shape index (κ1) is 59.4. The van der Waals surface area contributed by atoms with Crippen LogP contribution in [0.4, 0.5) is 14.9 Å². The van der Waals surface area contributed by atoms with Gasteiger partial charge in [-0.15, -0.1) is 5.10 Å². The molecule has 72 heavy (non-hydrogen) atoms. The van der Waals surface area contributed by atoms with Crippen LogP contribution in [0.2, 0.25) is 0 Å². The third-order valence-electron chi connectivity index (χ3n) is 15.3. The van der Waals surface area contributed by atoms with Crippen molar-refractivity contribution in [1.82, 2.24) is 24.8 Å². The molecule has 3 aliphatic rings. The van der Waals surface area contributed by atoms with Crippen LogP contribution in [0, 0.1) is 23.6 Å². The van der Waals surface area contributed by atoms with E-state index in [-0.39, 0.29) is 56.7 Å². The van der Waals surface area contributed by atoms with E-state index in [4.69, 9.17) is 33.2 Å². The molecule has 1 aromatic carbocycles. The molecule has 0 bridgehead atoms. The monoisotopic (exact) mass is 1020 g/mol. The number of likely N-dealkylation sites (N-methyl/N-ethyl adjacent to an activating group) is 2. The normalized spacial score (nSPS) is 38.9. The summed E-state index contributed by atoms with van der Waals surface area (Å²) in [5.41, 5.74) is -3.48.